The summed E-state index contributed by atoms with van der Waals surface area (Å²) in [5, 5.41) is 58.8. The number of nitrogens with one attached hydrogen (secondary N) is 1. The Bertz CT molecular complexity index is 1950. The molecule has 4 aliphatic carbocycles. The van der Waals surface area contributed by atoms with Crippen molar-refractivity contribution < 1.29 is 35.1 Å². The van der Waals surface area contributed by atoms with Crippen LogP contribution < -0.4 is 5.32 Å². The van der Waals surface area contributed by atoms with Gasteiger partial charge in [0.1, 0.15) is 11.2 Å². The van der Waals surface area contributed by atoms with Crippen LogP contribution in [0.1, 0.15) is 106 Å². The van der Waals surface area contributed by atoms with Gasteiger partial charge in [-0.25, -0.2) is 4.79 Å². The number of aromatic carboxylic acids is 1. The van der Waals surface area contributed by atoms with Gasteiger partial charge >= 0.3 is 11.9 Å². The lowest BCUT2D eigenvalue weighted by Gasteiger charge is -2.64. The second-order valence-electron chi connectivity index (χ2n) is 17.3. The van der Waals surface area contributed by atoms with Crippen molar-refractivity contribution in [3.63, 3.8) is 0 Å². The van der Waals surface area contributed by atoms with E-state index in [2.05, 4.69) is 42.9 Å². The average molecular weight is 723 g/mol. The Kier molecular flexibility index (Phi) is 9.88. The Morgan fingerprint density at radius 1 is 1.00 bits per heavy atom. The van der Waals surface area contributed by atoms with Crippen LogP contribution in [0.2, 0.25) is 0 Å². The van der Waals surface area contributed by atoms with Gasteiger partial charge in [0.2, 0.25) is 0 Å². The van der Waals surface area contributed by atoms with Crippen molar-refractivity contribution in [2.75, 3.05) is 5.32 Å². The zero-order valence-corrected chi connectivity index (χ0v) is 31.3. The number of para-hydroxylation sites is 1. The highest BCUT2D eigenvalue weighted by Crippen LogP contribution is 2.69. The molecule has 0 aliphatic heterocycles. The zero-order chi connectivity index (χ0) is 37.9. The lowest BCUT2D eigenvalue weighted by atomic mass is 9.42. The minimum atomic E-state index is -1.18. The van der Waals surface area contributed by atoms with Gasteiger partial charge in [-0.1, -0.05) is 62.9 Å². The summed E-state index contributed by atoms with van der Waals surface area (Å²) < 4.78 is 0. The number of fused-ring (bicyclic) bond motifs is 6. The highest BCUT2D eigenvalue weighted by Gasteiger charge is 2.66. The summed E-state index contributed by atoms with van der Waals surface area (Å²) in [6, 6.07) is 15.2. The predicted molar refractivity (Wildman–Crippen MR) is 203 cm³/mol. The summed E-state index contributed by atoms with van der Waals surface area (Å²) in [5.41, 5.74) is 1.98. The molecule has 4 aliphatic rings. The van der Waals surface area contributed by atoms with Crippen LogP contribution in [0, 0.1) is 65.1 Å². The molecule has 6 N–H and O–H groups in total. The predicted octanol–water partition coefficient (Wildman–Crippen LogP) is 7.04. The first kappa shape index (κ1) is 37.3. The molecule has 282 valence electrons. The highest BCUT2D eigenvalue weighted by molar-refractivity contribution is 6.05. The highest BCUT2D eigenvalue weighted by atomic mass is 16.4. The Hall–Kier alpha value is -3.97. The summed E-state index contributed by atoms with van der Waals surface area (Å²) in [5.74, 6) is 5.54. The molecule has 4 saturated carbocycles. The van der Waals surface area contributed by atoms with Crippen molar-refractivity contribution in [1.82, 2.24) is 4.98 Å². The van der Waals surface area contributed by atoms with Crippen molar-refractivity contribution in [3.05, 3.63) is 70.9 Å². The smallest absolute Gasteiger partial charge is 0.339 e. The number of nitrogens with zero attached hydrogens (tertiary/aromatic N) is 1. The summed E-state index contributed by atoms with van der Waals surface area (Å²) in [6.07, 6.45) is 4.65. The van der Waals surface area contributed by atoms with E-state index < -0.39 is 29.7 Å². The number of aryl methyl sites for hydroxylation is 1. The number of aromatic nitrogens is 1. The second-order valence-corrected chi connectivity index (χ2v) is 17.3. The molecule has 0 amide bonds. The van der Waals surface area contributed by atoms with E-state index in [1.807, 2.05) is 48.5 Å². The molecule has 5 unspecified atom stereocenters. The maximum absolute atomic E-state index is 12.1. The van der Waals surface area contributed by atoms with Crippen molar-refractivity contribution in [2.45, 2.75) is 110 Å². The molecular formula is C44H54N2O7. The number of carboxylic acid groups (broad SMARTS) is 2. The number of carboxylic acids is 2. The monoisotopic (exact) mass is 722 g/mol. The minimum Gasteiger partial charge on any atom is -0.481 e. The minimum absolute atomic E-state index is 0.0760. The topological polar surface area (TPSA) is 160 Å². The largest absolute Gasteiger partial charge is 0.481 e. The normalized spacial score (nSPS) is 35.3. The molecule has 0 bridgehead atoms. The molecule has 9 nitrogen and oxygen atoms in total. The molecule has 7 rings (SSSR count). The molecular weight excluding hydrogens is 668 g/mol. The van der Waals surface area contributed by atoms with Crippen molar-refractivity contribution in [3.8, 4) is 11.8 Å². The number of hydrogen-bond acceptors (Lipinski definition) is 7. The second kappa shape index (κ2) is 14.0. The van der Waals surface area contributed by atoms with E-state index in [0.717, 1.165) is 41.3 Å². The zero-order valence-electron chi connectivity index (χ0n) is 31.3. The summed E-state index contributed by atoms with van der Waals surface area (Å²) in [7, 11) is 0. The van der Waals surface area contributed by atoms with Crippen molar-refractivity contribution in [1.29, 1.82) is 0 Å². The first-order valence-electron chi connectivity index (χ1n) is 19.4. The van der Waals surface area contributed by atoms with E-state index >= 15 is 0 Å². The molecule has 1 heterocycles. The van der Waals surface area contributed by atoms with Gasteiger partial charge in [-0.2, -0.15) is 0 Å². The Balaban J connectivity index is 1.03. The number of benzene rings is 2. The fourth-order valence-electron chi connectivity index (χ4n) is 11.7. The molecule has 53 heavy (non-hydrogen) atoms. The summed E-state index contributed by atoms with van der Waals surface area (Å²) in [6.45, 7) is 8.76. The van der Waals surface area contributed by atoms with Crippen molar-refractivity contribution in [2.24, 2.45) is 46.3 Å². The molecule has 3 aromatic rings. The maximum atomic E-state index is 12.1. The number of pyridine rings is 1. The summed E-state index contributed by atoms with van der Waals surface area (Å²) in [4.78, 5) is 27.9. The Morgan fingerprint density at radius 2 is 1.74 bits per heavy atom. The first-order chi connectivity index (χ1) is 25.1. The van der Waals surface area contributed by atoms with E-state index in [0.29, 0.717) is 50.0 Å². The molecule has 4 fully saturated rings. The van der Waals surface area contributed by atoms with Crippen LogP contribution in [0.25, 0.3) is 10.9 Å². The molecule has 1 aromatic heterocycles. The number of rotatable bonds is 8. The van der Waals surface area contributed by atoms with Crippen molar-refractivity contribution >= 4 is 28.5 Å². The van der Waals surface area contributed by atoms with Gasteiger partial charge < -0.3 is 30.8 Å². The van der Waals surface area contributed by atoms with E-state index in [1.165, 1.54) is 0 Å². The number of carbonyl (C=O) groups is 2. The van der Waals surface area contributed by atoms with Crippen LogP contribution in [-0.4, -0.2) is 60.3 Å². The third-order valence-electron chi connectivity index (χ3n) is 14.6. The Labute approximate surface area is 312 Å². The fourth-order valence-corrected chi connectivity index (χ4v) is 11.7. The van der Waals surface area contributed by atoms with Crippen LogP contribution >= 0.6 is 0 Å². The number of aliphatic hydroxyl groups excluding tert-OH is 2. The SMILES string of the molecule is Cc1nc2ccccc2c(NCc2ccc(C#C[C@@]3(O)CC[C@@]4(C)C(C[C@@H](O)C5C4C[C@H](O)[C@@]4(C)C5CC[C@@H]4C(C)CCC(=O)O)C3)cc2)c1C(=O)O. The van der Waals surface area contributed by atoms with Crippen LogP contribution in [0.4, 0.5) is 5.69 Å². The third-order valence-corrected chi connectivity index (χ3v) is 14.6. The molecule has 0 saturated heterocycles. The van der Waals surface area contributed by atoms with Gasteiger partial charge in [-0.05, 0) is 128 Å². The standard InChI is InChI=1S/C44H54N2O7/c1-25(9-16-37(49)50)31-14-15-32-39-33(22-36(48)43(31,32)4)42(3)19-20-44(53,23-29(42)21-35(39)47)18-17-27-10-12-28(13-11-27)24-45-40-30-7-5-6-8-34(30)46-26(2)38(40)41(51)52/h5-8,10-13,25,29,31-33,35-36,39,47-48,53H,9,14-16,19-24H2,1-4H3,(H,45,46)(H,49,50)(H,51,52)/t25?,29?,31-,32?,33?,35-,36+,39?,42+,43-,44-/m1/s1. The summed E-state index contributed by atoms with van der Waals surface area (Å²) >= 11 is 0. The van der Waals surface area contributed by atoms with E-state index in [1.54, 1.807) is 6.92 Å². The van der Waals surface area contributed by atoms with Crippen LogP contribution in [0.15, 0.2) is 48.5 Å². The van der Waals surface area contributed by atoms with Crippen LogP contribution in [0.5, 0.6) is 0 Å². The molecule has 0 spiro atoms. The quantitative estimate of drug-likeness (QED) is 0.134. The third kappa shape index (κ3) is 6.62. The van der Waals surface area contributed by atoms with E-state index in [4.69, 9.17) is 0 Å². The molecule has 0 radical (unpaired) electrons. The lowest BCUT2D eigenvalue weighted by molar-refractivity contribution is -0.211. The van der Waals surface area contributed by atoms with Gasteiger partial charge in [0.25, 0.3) is 0 Å². The van der Waals surface area contributed by atoms with Crippen LogP contribution in [-0.2, 0) is 11.3 Å². The average Bonchev–Trinajstić information content (AvgIpc) is 3.48. The molecule has 2 aromatic carbocycles. The lowest BCUT2D eigenvalue weighted by Crippen LogP contribution is -2.63. The fraction of sp³-hybridized carbons (Fsp3) is 0.568. The number of hydrogen-bond donors (Lipinski definition) is 6. The van der Waals surface area contributed by atoms with Crippen LogP contribution in [0.3, 0.4) is 0 Å². The first-order valence-corrected chi connectivity index (χ1v) is 19.4. The van der Waals surface area contributed by atoms with Gasteiger partial charge in [-0.3, -0.25) is 9.78 Å². The number of anilines is 1. The Morgan fingerprint density at radius 3 is 2.45 bits per heavy atom. The number of aliphatic carboxylic acids is 1. The van der Waals surface area contributed by atoms with Gasteiger partial charge in [0.15, 0.2) is 0 Å². The maximum Gasteiger partial charge on any atom is 0.339 e. The van der Waals surface area contributed by atoms with Gasteiger partial charge in [0.05, 0.1) is 29.1 Å². The van der Waals surface area contributed by atoms with E-state index in [9.17, 15) is 35.1 Å². The molecule has 11 atom stereocenters. The number of aliphatic hydroxyl groups is 3. The van der Waals surface area contributed by atoms with Gasteiger partial charge in [-0.15, -0.1) is 0 Å². The van der Waals surface area contributed by atoms with Gasteiger partial charge in [0, 0.05) is 23.9 Å². The molecule has 9 heteroatoms. The van der Waals surface area contributed by atoms with E-state index in [-0.39, 0.29) is 58.3 Å².